The summed E-state index contributed by atoms with van der Waals surface area (Å²) in [6.07, 6.45) is 0.967. The highest BCUT2D eigenvalue weighted by atomic mass is 19.1. The molecule has 0 aliphatic heterocycles. The summed E-state index contributed by atoms with van der Waals surface area (Å²) in [6.45, 7) is 2.21. The highest BCUT2D eigenvalue weighted by molar-refractivity contribution is 5.93. The third-order valence-electron chi connectivity index (χ3n) is 1.88. The standard InChI is InChI=1S/C10H13FN2O3/c1-6(5-16-2)13-9-8(10(14)15)3-7(11)4-12-9/h3-4,6H,5H2,1-2H3,(H,12,13)(H,14,15). The maximum absolute atomic E-state index is 12.8. The molecule has 0 aliphatic rings. The van der Waals surface area contributed by atoms with Crippen molar-refractivity contribution in [3.8, 4) is 0 Å². The first-order valence-electron chi connectivity index (χ1n) is 4.69. The second-order valence-electron chi connectivity index (χ2n) is 3.36. The molecular weight excluding hydrogens is 215 g/mol. The van der Waals surface area contributed by atoms with Gasteiger partial charge >= 0.3 is 5.97 Å². The van der Waals surface area contributed by atoms with Crippen LogP contribution in [0, 0.1) is 5.82 Å². The third kappa shape index (κ3) is 3.16. The normalized spacial score (nSPS) is 12.2. The van der Waals surface area contributed by atoms with Gasteiger partial charge < -0.3 is 15.2 Å². The maximum Gasteiger partial charge on any atom is 0.339 e. The van der Waals surface area contributed by atoms with Crippen LogP contribution >= 0.6 is 0 Å². The summed E-state index contributed by atoms with van der Waals surface area (Å²) in [5.41, 5.74) is -0.192. The number of aromatic nitrogens is 1. The molecule has 0 spiro atoms. The molecule has 0 saturated heterocycles. The van der Waals surface area contributed by atoms with Gasteiger partial charge in [0.2, 0.25) is 0 Å². The zero-order chi connectivity index (χ0) is 12.1. The van der Waals surface area contributed by atoms with Crippen LogP contribution in [0.1, 0.15) is 17.3 Å². The average Bonchev–Trinajstić information content (AvgIpc) is 2.20. The minimum absolute atomic E-state index is 0.110. The van der Waals surface area contributed by atoms with E-state index < -0.39 is 11.8 Å². The monoisotopic (exact) mass is 228 g/mol. The van der Waals surface area contributed by atoms with Crippen LogP contribution in [0.3, 0.4) is 0 Å². The quantitative estimate of drug-likeness (QED) is 0.796. The van der Waals surface area contributed by atoms with Crippen LogP contribution in [-0.4, -0.2) is 35.8 Å². The van der Waals surface area contributed by atoms with Crippen molar-refractivity contribution in [3.63, 3.8) is 0 Å². The summed E-state index contributed by atoms with van der Waals surface area (Å²) in [7, 11) is 1.54. The molecule has 5 nitrogen and oxygen atoms in total. The first-order valence-corrected chi connectivity index (χ1v) is 4.69. The smallest absolute Gasteiger partial charge is 0.339 e. The van der Waals surface area contributed by atoms with Crippen LogP contribution in [0.15, 0.2) is 12.3 Å². The number of ether oxygens (including phenoxy) is 1. The fraction of sp³-hybridized carbons (Fsp3) is 0.400. The van der Waals surface area contributed by atoms with Crippen molar-refractivity contribution in [1.82, 2.24) is 4.98 Å². The molecule has 0 bridgehead atoms. The lowest BCUT2D eigenvalue weighted by molar-refractivity contribution is 0.0697. The molecule has 1 aromatic rings. The zero-order valence-corrected chi connectivity index (χ0v) is 9.03. The van der Waals surface area contributed by atoms with Crippen molar-refractivity contribution in [1.29, 1.82) is 0 Å². The number of pyridine rings is 1. The van der Waals surface area contributed by atoms with Crippen molar-refractivity contribution >= 4 is 11.8 Å². The van der Waals surface area contributed by atoms with Crippen LogP contribution in [0.5, 0.6) is 0 Å². The lowest BCUT2D eigenvalue weighted by Gasteiger charge is -2.14. The lowest BCUT2D eigenvalue weighted by atomic mass is 10.2. The number of carbonyl (C=O) groups is 1. The minimum atomic E-state index is -1.22. The molecule has 88 valence electrons. The van der Waals surface area contributed by atoms with E-state index in [1.807, 2.05) is 0 Å². The second-order valence-corrected chi connectivity index (χ2v) is 3.36. The van der Waals surface area contributed by atoms with E-state index in [4.69, 9.17) is 9.84 Å². The maximum atomic E-state index is 12.8. The predicted octanol–water partition coefficient (Wildman–Crippen LogP) is 1.37. The van der Waals surface area contributed by atoms with Crippen molar-refractivity contribution in [3.05, 3.63) is 23.6 Å². The van der Waals surface area contributed by atoms with Gasteiger partial charge in [0.1, 0.15) is 17.2 Å². The number of anilines is 1. The van der Waals surface area contributed by atoms with E-state index in [1.165, 1.54) is 7.11 Å². The van der Waals surface area contributed by atoms with Gasteiger partial charge in [-0.05, 0) is 13.0 Å². The van der Waals surface area contributed by atoms with Crippen LogP contribution in [-0.2, 0) is 4.74 Å². The van der Waals surface area contributed by atoms with Crippen LogP contribution in [0.4, 0.5) is 10.2 Å². The van der Waals surface area contributed by atoms with Gasteiger partial charge in [-0.25, -0.2) is 14.2 Å². The Bertz CT molecular complexity index is 384. The number of rotatable bonds is 5. The van der Waals surface area contributed by atoms with Crippen molar-refractivity contribution in [2.45, 2.75) is 13.0 Å². The topological polar surface area (TPSA) is 71.5 Å². The molecule has 0 saturated carbocycles. The summed E-state index contributed by atoms with van der Waals surface area (Å²) in [5, 5.41) is 11.7. The number of hydrogen-bond acceptors (Lipinski definition) is 4. The number of hydrogen-bond donors (Lipinski definition) is 2. The molecule has 16 heavy (non-hydrogen) atoms. The second kappa shape index (κ2) is 5.41. The van der Waals surface area contributed by atoms with E-state index in [1.54, 1.807) is 6.92 Å². The first-order chi connectivity index (χ1) is 7.54. The summed E-state index contributed by atoms with van der Waals surface area (Å²) in [6, 6.07) is 0.818. The molecule has 1 atom stereocenters. The molecule has 6 heteroatoms. The fourth-order valence-electron chi connectivity index (χ4n) is 1.24. The number of nitrogens with zero attached hydrogens (tertiary/aromatic N) is 1. The van der Waals surface area contributed by atoms with Gasteiger partial charge in [-0.3, -0.25) is 0 Å². The Hall–Kier alpha value is -1.69. The molecule has 1 rings (SSSR count). The summed E-state index contributed by atoms with van der Waals surface area (Å²) in [5.74, 6) is -1.76. The summed E-state index contributed by atoms with van der Waals surface area (Å²) in [4.78, 5) is 14.5. The summed E-state index contributed by atoms with van der Waals surface area (Å²) < 4.78 is 17.7. The largest absolute Gasteiger partial charge is 0.478 e. The van der Waals surface area contributed by atoms with E-state index in [-0.39, 0.29) is 17.4 Å². The van der Waals surface area contributed by atoms with E-state index >= 15 is 0 Å². The van der Waals surface area contributed by atoms with Gasteiger partial charge in [-0.1, -0.05) is 0 Å². The number of methoxy groups -OCH3 is 1. The number of aromatic carboxylic acids is 1. The van der Waals surface area contributed by atoms with Crippen LogP contribution in [0.25, 0.3) is 0 Å². The Balaban J connectivity index is 2.90. The minimum Gasteiger partial charge on any atom is -0.478 e. The molecule has 0 amide bonds. The molecule has 1 heterocycles. The Labute approximate surface area is 92.3 Å². The summed E-state index contributed by atoms with van der Waals surface area (Å²) >= 11 is 0. The molecule has 1 unspecified atom stereocenters. The highest BCUT2D eigenvalue weighted by Gasteiger charge is 2.14. The van der Waals surface area contributed by atoms with Gasteiger partial charge in [-0.2, -0.15) is 0 Å². The average molecular weight is 228 g/mol. The van der Waals surface area contributed by atoms with Gasteiger partial charge in [-0.15, -0.1) is 0 Å². The van der Waals surface area contributed by atoms with E-state index in [0.29, 0.717) is 6.61 Å². The van der Waals surface area contributed by atoms with Gasteiger partial charge in [0.05, 0.1) is 12.8 Å². The number of nitrogens with one attached hydrogen (secondary N) is 1. The SMILES string of the molecule is COCC(C)Nc1ncc(F)cc1C(=O)O. The van der Waals surface area contributed by atoms with E-state index in [0.717, 1.165) is 12.3 Å². The Morgan fingerprint density at radius 3 is 3.00 bits per heavy atom. The Morgan fingerprint density at radius 1 is 1.75 bits per heavy atom. The highest BCUT2D eigenvalue weighted by Crippen LogP contribution is 2.14. The third-order valence-corrected chi connectivity index (χ3v) is 1.88. The predicted molar refractivity (Wildman–Crippen MR) is 56.1 cm³/mol. The zero-order valence-electron chi connectivity index (χ0n) is 9.03. The van der Waals surface area contributed by atoms with Crippen molar-refractivity contribution in [2.24, 2.45) is 0 Å². The van der Waals surface area contributed by atoms with Gasteiger partial charge in [0.25, 0.3) is 0 Å². The lowest BCUT2D eigenvalue weighted by Crippen LogP contribution is -2.23. The van der Waals surface area contributed by atoms with E-state index in [9.17, 15) is 9.18 Å². The first kappa shape index (κ1) is 12.4. The molecule has 0 aromatic carbocycles. The van der Waals surface area contributed by atoms with Crippen LogP contribution < -0.4 is 5.32 Å². The molecule has 0 fully saturated rings. The molecular formula is C10H13FN2O3. The Morgan fingerprint density at radius 2 is 2.44 bits per heavy atom. The van der Waals surface area contributed by atoms with Gasteiger partial charge in [0, 0.05) is 13.2 Å². The van der Waals surface area contributed by atoms with E-state index in [2.05, 4.69) is 10.3 Å². The molecule has 0 aliphatic carbocycles. The molecule has 2 N–H and O–H groups in total. The number of carboxylic acids is 1. The molecule has 1 aromatic heterocycles. The van der Waals surface area contributed by atoms with Gasteiger partial charge in [0.15, 0.2) is 0 Å². The molecule has 0 radical (unpaired) electrons. The Kier molecular flexibility index (Phi) is 4.19. The van der Waals surface area contributed by atoms with Crippen molar-refractivity contribution in [2.75, 3.05) is 19.0 Å². The van der Waals surface area contributed by atoms with Crippen LogP contribution in [0.2, 0.25) is 0 Å². The number of carboxylic acid groups (broad SMARTS) is 1. The van der Waals surface area contributed by atoms with Crippen molar-refractivity contribution < 1.29 is 19.0 Å². The fourth-order valence-corrected chi connectivity index (χ4v) is 1.24. The number of halogens is 1.